The summed E-state index contributed by atoms with van der Waals surface area (Å²) in [4.78, 5) is 4.49. The fourth-order valence-electron chi connectivity index (χ4n) is 1.73. The van der Waals surface area contributed by atoms with Crippen molar-refractivity contribution >= 4 is 16.7 Å². The molecule has 2 atom stereocenters. The number of benzene rings is 1. The number of rotatable bonds is 6. The van der Waals surface area contributed by atoms with Crippen LogP contribution in [0.25, 0.3) is 0 Å². The first-order valence-electron chi connectivity index (χ1n) is 6.56. The average Bonchev–Trinajstić information content (AvgIpc) is 2.86. The van der Waals surface area contributed by atoms with E-state index in [1.807, 2.05) is 38.1 Å². The number of aromatic nitrogens is 2. The van der Waals surface area contributed by atoms with E-state index in [2.05, 4.69) is 14.7 Å². The lowest BCUT2D eigenvalue weighted by atomic mass is 10.1. The molecule has 0 bridgehead atoms. The maximum Gasteiger partial charge on any atom is 0.202 e. The Bertz CT molecular complexity index is 556. The largest absolute Gasteiger partial charge is 0.496 e. The van der Waals surface area contributed by atoms with Crippen LogP contribution >= 0.6 is 11.5 Å². The lowest BCUT2D eigenvalue weighted by molar-refractivity contribution is 0.410. The van der Waals surface area contributed by atoms with Crippen molar-refractivity contribution in [3.63, 3.8) is 0 Å². The first kappa shape index (κ1) is 14.7. The molecule has 2 aromatic rings. The van der Waals surface area contributed by atoms with E-state index in [0.717, 1.165) is 22.3 Å². The van der Waals surface area contributed by atoms with E-state index in [1.54, 1.807) is 7.11 Å². The molecular formula is C14H20N4OS. The van der Waals surface area contributed by atoms with Gasteiger partial charge in [0, 0.05) is 35.6 Å². The topological polar surface area (TPSA) is 73.1 Å². The van der Waals surface area contributed by atoms with Gasteiger partial charge < -0.3 is 15.8 Å². The Morgan fingerprint density at radius 3 is 2.80 bits per heavy atom. The van der Waals surface area contributed by atoms with Gasteiger partial charge in [-0.05, 0) is 19.9 Å². The van der Waals surface area contributed by atoms with Crippen LogP contribution in [0.3, 0.4) is 0 Å². The molecule has 1 heterocycles. The minimum absolute atomic E-state index is 0.0663. The predicted octanol–water partition coefficient (Wildman–Crippen LogP) is 2.29. The minimum atomic E-state index is 0.0663. The summed E-state index contributed by atoms with van der Waals surface area (Å²) in [5.41, 5.74) is 6.91. The third-order valence-electron chi connectivity index (χ3n) is 3.15. The van der Waals surface area contributed by atoms with Crippen LogP contribution in [-0.2, 0) is 6.42 Å². The molecule has 0 saturated heterocycles. The molecule has 2 rings (SSSR count). The van der Waals surface area contributed by atoms with Crippen LogP contribution in [0.15, 0.2) is 24.3 Å². The van der Waals surface area contributed by atoms with E-state index in [1.165, 1.54) is 11.5 Å². The van der Waals surface area contributed by atoms with Crippen LogP contribution in [0.4, 0.5) is 5.13 Å². The van der Waals surface area contributed by atoms with E-state index in [9.17, 15) is 0 Å². The molecule has 0 amide bonds. The first-order valence-corrected chi connectivity index (χ1v) is 7.34. The van der Waals surface area contributed by atoms with Crippen molar-refractivity contribution in [2.45, 2.75) is 32.4 Å². The van der Waals surface area contributed by atoms with Crippen LogP contribution in [0.5, 0.6) is 5.75 Å². The summed E-state index contributed by atoms with van der Waals surface area (Å²) in [6.45, 7) is 4.00. The third-order valence-corrected chi connectivity index (χ3v) is 3.83. The van der Waals surface area contributed by atoms with Gasteiger partial charge in [-0.15, -0.1) is 0 Å². The summed E-state index contributed by atoms with van der Waals surface area (Å²) in [6.07, 6.45) is 0.661. The highest BCUT2D eigenvalue weighted by Gasteiger charge is 2.12. The number of hydrogen-bond acceptors (Lipinski definition) is 6. The zero-order valence-corrected chi connectivity index (χ0v) is 12.8. The molecule has 0 aliphatic rings. The van der Waals surface area contributed by atoms with Crippen LogP contribution in [-0.4, -0.2) is 28.6 Å². The van der Waals surface area contributed by atoms with Gasteiger partial charge in [0.2, 0.25) is 5.13 Å². The molecule has 0 saturated carbocycles. The molecule has 1 aromatic carbocycles. The molecule has 0 aliphatic carbocycles. The fraction of sp³-hybridized carbons (Fsp3) is 0.429. The van der Waals surface area contributed by atoms with Crippen LogP contribution in [0.2, 0.25) is 0 Å². The van der Waals surface area contributed by atoms with Gasteiger partial charge in [-0.3, -0.25) is 0 Å². The van der Waals surface area contributed by atoms with Gasteiger partial charge in [-0.1, -0.05) is 18.2 Å². The van der Waals surface area contributed by atoms with Gasteiger partial charge in [-0.25, -0.2) is 4.98 Å². The second-order valence-electron chi connectivity index (χ2n) is 4.80. The van der Waals surface area contributed by atoms with E-state index in [0.29, 0.717) is 6.42 Å². The Morgan fingerprint density at radius 2 is 2.10 bits per heavy atom. The highest BCUT2D eigenvalue weighted by molar-refractivity contribution is 7.09. The highest BCUT2D eigenvalue weighted by Crippen LogP contribution is 2.21. The number of nitrogens with zero attached hydrogens (tertiary/aromatic N) is 2. The Kier molecular flexibility index (Phi) is 4.92. The lowest BCUT2D eigenvalue weighted by Crippen LogP contribution is -2.35. The number of ether oxygens (including phenoxy) is 1. The number of methoxy groups -OCH3 is 1. The Labute approximate surface area is 123 Å². The molecule has 0 aliphatic heterocycles. The average molecular weight is 292 g/mol. The Morgan fingerprint density at radius 1 is 1.35 bits per heavy atom. The van der Waals surface area contributed by atoms with E-state index in [4.69, 9.17) is 10.5 Å². The predicted molar refractivity (Wildman–Crippen MR) is 82.4 cm³/mol. The second kappa shape index (κ2) is 6.67. The second-order valence-corrected chi connectivity index (χ2v) is 5.55. The summed E-state index contributed by atoms with van der Waals surface area (Å²) in [5, 5.41) is 4.07. The smallest absolute Gasteiger partial charge is 0.202 e. The number of nitrogens with two attached hydrogens (primary N) is 1. The normalized spacial score (nSPS) is 13.8. The molecule has 108 valence electrons. The highest BCUT2D eigenvalue weighted by atomic mass is 32.1. The number of anilines is 1. The van der Waals surface area contributed by atoms with Gasteiger partial charge in [0.05, 0.1) is 7.11 Å². The van der Waals surface area contributed by atoms with Gasteiger partial charge >= 0.3 is 0 Å². The lowest BCUT2D eigenvalue weighted by Gasteiger charge is -2.15. The molecule has 5 nitrogen and oxygen atoms in total. The van der Waals surface area contributed by atoms with E-state index >= 15 is 0 Å². The molecule has 0 fully saturated rings. The molecule has 20 heavy (non-hydrogen) atoms. The molecule has 1 aromatic heterocycles. The van der Waals surface area contributed by atoms with E-state index < -0.39 is 0 Å². The summed E-state index contributed by atoms with van der Waals surface area (Å²) in [6, 6.07) is 8.14. The van der Waals surface area contributed by atoms with Crippen molar-refractivity contribution in [1.29, 1.82) is 0 Å². The summed E-state index contributed by atoms with van der Waals surface area (Å²) in [7, 11) is 1.67. The van der Waals surface area contributed by atoms with Gasteiger partial charge in [0.1, 0.15) is 11.6 Å². The fourth-order valence-corrected chi connectivity index (χ4v) is 2.41. The summed E-state index contributed by atoms with van der Waals surface area (Å²) < 4.78 is 9.71. The van der Waals surface area contributed by atoms with Crippen molar-refractivity contribution in [3.8, 4) is 5.75 Å². The van der Waals surface area contributed by atoms with Crippen molar-refractivity contribution in [2.75, 3.05) is 12.4 Å². The summed E-state index contributed by atoms with van der Waals surface area (Å²) in [5.74, 6) is 1.65. The third kappa shape index (κ3) is 3.68. The van der Waals surface area contributed by atoms with Crippen molar-refractivity contribution < 1.29 is 4.74 Å². The maximum absolute atomic E-state index is 5.83. The van der Waals surface area contributed by atoms with Crippen LogP contribution < -0.4 is 15.8 Å². The van der Waals surface area contributed by atoms with Gasteiger partial charge in [-0.2, -0.15) is 4.37 Å². The van der Waals surface area contributed by atoms with Crippen molar-refractivity contribution in [3.05, 3.63) is 35.7 Å². The van der Waals surface area contributed by atoms with Gasteiger partial charge in [0.15, 0.2) is 0 Å². The Balaban J connectivity index is 2.06. The summed E-state index contributed by atoms with van der Waals surface area (Å²) >= 11 is 1.36. The number of hydrogen-bond donors (Lipinski definition) is 2. The number of nitrogens with one attached hydrogen (secondary N) is 1. The first-order chi connectivity index (χ1) is 9.60. The van der Waals surface area contributed by atoms with Gasteiger partial charge in [0.25, 0.3) is 0 Å². The molecule has 2 unspecified atom stereocenters. The zero-order chi connectivity index (χ0) is 14.5. The monoisotopic (exact) mass is 292 g/mol. The minimum Gasteiger partial charge on any atom is -0.496 e. The van der Waals surface area contributed by atoms with E-state index in [-0.39, 0.29) is 12.1 Å². The molecule has 0 spiro atoms. The SMILES string of the molecule is COc1ccccc1Cc1nsc(NC(C)C(C)N)n1. The molecule has 6 heteroatoms. The Hall–Kier alpha value is -1.66. The molecule has 0 radical (unpaired) electrons. The molecular weight excluding hydrogens is 272 g/mol. The van der Waals surface area contributed by atoms with Crippen LogP contribution in [0, 0.1) is 0 Å². The maximum atomic E-state index is 5.83. The quantitative estimate of drug-likeness (QED) is 0.854. The number of para-hydroxylation sites is 1. The standard InChI is InChI=1S/C14H20N4OS/c1-9(15)10(2)16-14-17-13(18-20-14)8-11-6-4-5-7-12(11)19-3/h4-7,9-10H,8,15H2,1-3H3,(H,16,17,18). The van der Waals surface area contributed by atoms with Crippen molar-refractivity contribution in [2.24, 2.45) is 5.73 Å². The molecule has 3 N–H and O–H groups in total. The van der Waals surface area contributed by atoms with Crippen LogP contribution in [0.1, 0.15) is 25.2 Å². The zero-order valence-electron chi connectivity index (χ0n) is 12.0. The van der Waals surface area contributed by atoms with Crippen molar-refractivity contribution in [1.82, 2.24) is 9.36 Å².